The maximum atomic E-state index is 16.1. The summed E-state index contributed by atoms with van der Waals surface area (Å²) in [5.41, 5.74) is 0.106. The third kappa shape index (κ3) is 2.57. The summed E-state index contributed by atoms with van der Waals surface area (Å²) < 4.78 is 16.1. The maximum Gasteiger partial charge on any atom is 0.186 e. The molecule has 3 aromatic carbocycles. The average Bonchev–Trinajstić information content (AvgIpc) is 2.56. The van der Waals surface area contributed by atoms with Gasteiger partial charge in [-0.25, -0.2) is 4.39 Å². The van der Waals surface area contributed by atoms with Gasteiger partial charge in [0.05, 0.1) is 0 Å². The summed E-state index contributed by atoms with van der Waals surface area (Å²) in [6.07, 6.45) is 0. The lowest BCUT2D eigenvalue weighted by Crippen LogP contribution is -2.23. The summed E-state index contributed by atoms with van der Waals surface area (Å²) in [5, 5.41) is 0.599. The van der Waals surface area contributed by atoms with Crippen molar-refractivity contribution < 1.29 is 4.39 Å². The minimum Gasteiger partial charge on any atom is -0.228 e. The van der Waals surface area contributed by atoms with Crippen molar-refractivity contribution in [3.8, 4) is 0 Å². The molecule has 21 heavy (non-hydrogen) atoms. The molecule has 104 valence electrons. The predicted octanol–water partition coefficient (Wildman–Crippen LogP) is 5.60. The number of hydrogen-bond donors (Lipinski definition) is 0. The van der Waals surface area contributed by atoms with Gasteiger partial charge < -0.3 is 0 Å². The topological polar surface area (TPSA) is 0 Å². The second-order valence-corrected chi connectivity index (χ2v) is 5.33. The standard InChI is InChI=1S/C19H14ClF/c20-18-13-11-17(12-14-18)19(21,15-7-3-1-4-8-15)16-9-5-2-6-10-16/h1-14H. The molecule has 0 N–H and O–H groups in total. The van der Waals surface area contributed by atoms with E-state index in [2.05, 4.69) is 0 Å². The van der Waals surface area contributed by atoms with E-state index in [9.17, 15) is 0 Å². The van der Waals surface area contributed by atoms with E-state index in [1.54, 1.807) is 24.3 Å². The molecule has 0 atom stereocenters. The molecule has 3 aromatic rings. The van der Waals surface area contributed by atoms with Crippen LogP contribution in [0.25, 0.3) is 0 Å². The molecule has 0 saturated carbocycles. The zero-order valence-corrected chi connectivity index (χ0v) is 12.1. The molecule has 0 heterocycles. The van der Waals surface area contributed by atoms with Crippen LogP contribution in [0, 0.1) is 0 Å². The lowest BCUT2D eigenvalue weighted by atomic mass is 9.82. The van der Waals surface area contributed by atoms with Crippen LogP contribution in [0.2, 0.25) is 5.02 Å². The van der Waals surface area contributed by atoms with Crippen LogP contribution in [0.3, 0.4) is 0 Å². The molecular formula is C19H14ClF. The maximum absolute atomic E-state index is 16.1. The van der Waals surface area contributed by atoms with E-state index in [1.165, 1.54) is 0 Å². The highest BCUT2D eigenvalue weighted by molar-refractivity contribution is 6.30. The third-order valence-corrected chi connectivity index (χ3v) is 3.84. The molecule has 0 amide bonds. The van der Waals surface area contributed by atoms with Crippen molar-refractivity contribution in [2.24, 2.45) is 0 Å². The Kier molecular flexibility index (Phi) is 3.76. The Bertz CT molecular complexity index is 666. The van der Waals surface area contributed by atoms with Gasteiger partial charge in [0.25, 0.3) is 0 Å². The van der Waals surface area contributed by atoms with E-state index in [0.717, 1.165) is 0 Å². The van der Waals surface area contributed by atoms with Crippen LogP contribution in [-0.4, -0.2) is 0 Å². The first kappa shape index (κ1) is 13.8. The molecule has 0 fully saturated rings. The Labute approximate surface area is 128 Å². The quantitative estimate of drug-likeness (QED) is 0.552. The fraction of sp³-hybridized carbons (Fsp3) is 0.0526. The van der Waals surface area contributed by atoms with Crippen molar-refractivity contribution in [3.05, 3.63) is 107 Å². The fourth-order valence-electron chi connectivity index (χ4n) is 2.52. The monoisotopic (exact) mass is 296 g/mol. The predicted molar refractivity (Wildman–Crippen MR) is 85.3 cm³/mol. The van der Waals surface area contributed by atoms with E-state index in [4.69, 9.17) is 11.6 Å². The van der Waals surface area contributed by atoms with Crippen molar-refractivity contribution in [2.45, 2.75) is 5.67 Å². The van der Waals surface area contributed by atoms with Crippen LogP contribution >= 0.6 is 11.6 Å². The summed E-state index contributed by atoms with van der Waals surface area (Å²) >= 11 is 5.93. The molecule has 0 unspecified atom stereocenters. The highest BCUT2D eigenvalue weighted by Crippen LogP contribution is 2.40. The average molecular weight is 297 g/mol. The number of rotatable bonds is 3. The summed E-state index contributed by atoms with van der Waals surface area (Å²) in [5.74, 6) is 0. The first-order valence-electron chi connectivity index (χ1n) is 6.77. The van der Waals surface area contributed by atoms with Gasteiger partial charge in [-0.3, -0.25) is 0 Å². The zero-order valence-electron chi connectivity index (χ0n) is 11.3. The lowest BCUT2D eigenvalue weighted by molar-refractivity contribution is 0.281. The normalized spacial score (nSPS) is 11.3. The molecule has 0 radical (unpaired) electrons. The zero-order chi connectivity index (χ0) is 14.7. The summed E-state index contributed by atoms with van der Waals surface area (Å²) in [6.45, 7) is 0. The van der Waals surface area contributed by atoms with Gasteiger partial charge in [-0.05, 0) is 28.8 Å². The van der Waals surface area contributed by atoms with Crippen LogP contribution in [0.1, 0.15) is 16.7 Å². The molecular weight excluding hydrogens is 283 g/mol. The Hall–Kier alpha value is -2.12. The first-order chi connectivity index (χ1) is 10.2. The Balaban J connectivity index is 2.23. The molecule has 0 nitrogen and oxygen atoms in total. The fourth-order valence-corrected chi connectivity index (χ4v) is 2.64. The number of halogens is 2. The summed E-state index contributed by atoms with van der Waals surface area (Å²) in [6, 6.07) is 25.3. The van der Waals surface area contributed by atoms with Gasteiger partial charge in [-0.15, -0.1) is 0 Å². The molecule has 3 rings (SSSR count). The highest BCUT2D eigenvalue weighted by Gasteiger charge is 2.36. The van der Waals surface area contributed by atoms with Crippen molar-refractivity contribution >= 4 is 11.6 Å². The largest absolute Gasteiger partial charge is 0.228 e. The van der Waals surface area contributed by atoms with Gasteiger partial charge in [0.2, 0.25) is 0 Å². The Morgan fingerprint density at radius 1 is 0.571 bits per heavy atom. The second-order valence-electron chi connectivity index (χ2n) is 4.90. The van der Waals surface area contributed by atoms with Crippen molar-refractivity contribution in [1.82, 2.24) is 0 Å². The van der Waals surface area contributed by atoms with Gasteiger partial charge in [0, 0.05) is 5.02 Å². The smallest absolute Gasteiger partial charge is 0.186 e. The van der Waals surface area contributed by atoms with Gasteiger partial charge in [-0.1, -0.05) is 84.4 Å². The molecule has 0 aliphatic rings. The second kappa shape index (κ2) is 5.71. The Morgan fingerprint density at radius 2 is 0.952 bits per heavy atom. The molecule has 2 heteroatoms. The van der Waals surface area contributed by atoms with Crippen LogP contribution < -0.4 is 0 Å². The van der Waals surface area contributed by atoms with Crippen molar-refractivity contribution in [1.29, 1.82) is 0 Å². The lowest BCUT2D eigenvalue weighted by Gasteiger charge is -2.27. The van der Waals surface area contributed by atoms with E-state index < -0.39 is 5.67 Å². The van der Waals surface area contributed by atoms with E-state index in [0.29, 0.717) is 21.7 Å². The Morgan fingerprint density at radius 3 is 1.38 bits per heavy atom. The van der Waals surface area contributed by atoms with E-state index >= 15 is 4.39 Å². The van der Waals surface area contributed by atoms with Crippen LogP contribution in [-0.2, 0) is 5.67 Å². The molecule has 0 aliphatic carbocycles. The van der Waals surface area contributed by atoms with Crippen molar-refractivity contribution in [3.63, 3.8) is 0 Å². The first-order valence-corrected chi connectivity index (χ1v) is 7.15. The third-order valence-electron chi connectivity index (χ3n) is 3.59. The van der Waals surface area contributed by atoms with Crippen LogP contribution in [0.5, 0.6) is 0 Å². The molecule has 0 bridgehead atoms. The van der Waals surface area contributed by atoms with Crippen molar-refractivity contribution in [2.75, 3.05) is 0 Å². The number of alkyl halides is 1. The summed E-state index contributed by atoms with van der Waals surface area (Å²) in [4.78, 5) is 0. The molecule has 0 saturated heterocycles. The number of hydrogen-bond acceptors (Lipinski definition) is 0. The van der Waals surface area contributed by atoms with Gasteiger partial charge in [-0.2, -0.15) is 0 Å². The van der Waals surface area contributed by atoms with E-state index in [1.807, 2.05) is 60.7 Å². The van der Waals surface area contributed by atoms with Crippen LogP contribution in [0.4, 0.5) is 4.39 Å². The van der Waals surface area contributed by atoms with E-state index in [-0.39, 0.29) is 0 Å². The molecule has 0 aromatic heterocycles. The SMILES string of the molecule is FC(c1ccccc1)(c1ccccc1)c1ccc(Cl)cc1. The minimum atomic E-state index is -1.69. The highest BCUT2D eigenvalue weighted by atomic mass is 35.5. The molecule has 0 spiro atoms. The minimum absolute atomic E-state index is 0.573. The van der Waals surface area contributed by atoms with Gasteiger partial charge in [0.15, 0.2) is 5.67 Å². The van der Waals surface area contributed by atoms with Gasteiger partial charge in [0.1, 0.15) is 0 Å². The van der Waals surface area contributed by atoms with Gasteiger partial charge >= 0.3 is 0 Å². The summed E-state index contributed by atoms with van der Waals surface area (Å²) in [7, 11) is 0. The number of benzene rings is 3. The van der Waals surface area contributed by atoms with Crippen LogP contribution in [0.15, 0.2) is 84.9 Å². The molecule has 0 aliphatic heterocycles.